The van der Waals surface area contributed by atoms with Crippen molar-refractivity contribution in [1.82, 2.24) is 0 Å². The molecule has 1 aliphatic rings. The molecule has 1 aromatic heterocycles. The van der Waals surface area contributed by atoms with Crippen molar-refractivity contribution in [2.24, 2.45) is 5.73 Å². The fraction of sp³-hybridized carbons (Fsp3) is 0.600. The summed E-state index contributed by atoms with van der Waals surface area (Å²) in [5.74, 6) is 0. The minimum Gasteiger partial charge on any atom is -0.472 e. The predicted molar refractivity (Wildman–Crippen MR) is 49.4 cm³/mol. The third kappa shape index (κ3) is 1.76. The molecule has 3 heteroatoms. The fourth-order valence-corrected chi connectivity index (χ4v) is 1.89. The number of hydrogen-bond donors (Lipinski definition) is 1. The summed E-state index contributed by atoms with van der Waals surface area (Å²) in [5, 5.41) is 0. The van der Waals surface area contributed by atoms with E-state index in [4.69, 9.17) is 14.9 Å². The monoisotopic (exact) mass is 181 g/mol. The van der Waals surface area contributed by atoms with Gasteiger partial charge in [-0.3, -0.25) is 0 Å². The zero-order valence-electron chi connectivity index (χ0n) is 7.66. The second-order valence-corrected chi connectivity index (χ2v) is 3.65. The van der Waals surface area contributed by atoms with E-state index in [1.54, 1.807) is 12.5 Å². The molecule has 0 aliphatic carbocycles. The van der Waals surface area contributed by atoms with Crippen molar-refractivity contribution < 1.29 is 9.15 Å². The van der Waals surface area contributed by atoms with Gasteiger partial charge in [-0.05, 0) is 24.5 Å². The van der Waals surface area contributed by atoms with Gasteiger partial charge in [0.05, 0.1) is 18.1 Å². The van der Waals surface area contributed by atoms with Gasteiger partial charge in [0, 0.05) is 19.6 Å². The van der Waals surface area contributed by atoms with Gasteiger partial charge < -0.3 is 14.9 Å². The molecule has 1 saturated heterocycles. The molecule has 1 aliphatic heterocycles. The van der Waals surface area contributed by atoms with Gasteiger partial charge >= 0.3 is 0 Å². The predicted octanol–water partition coefficient (Wildman–Crippen LogP) is 1.33. The molecule has 13 heavy (non-hydrogen) atoms. The molecule has 2 heterocycles. The molecule has 1 atom stereocenters. The van der Waals surface area contributed by atoms with E-state index in [0.29, 0.717) is 6.54 Å². The van der Waals surface area contributed by atoms with E-state index in [9.17, 15) is 0 Å². The number of ether oxygens (including phenoxy) is 1. The van der Waals surface area contributed by atoms with Gasteiger partial charge in [-0.2, -0.15) is 0 Å². The summed E-state index contributed by atoms with van der Waals surface area (Å²) in [6.07, 6.45) is 6.51. The Labute approximate surface area is 77.9 Å². The van der Waals surface area contributed by atoms with Crippen molar-refractivity contribution in [2.75, 3.05) is 13.2 Å². The van der Waals surface area contributed by atoms with Crippen molar-refractivity contribution in [3.8, 4) is 0 Å². The van der Waals surface area contributed by atoms with Gasteiger partial charge in [-0.1, -0.05) is 0 Å². The van der Waals surface area contributed by atoms with Crippen LogP contribution in [0.4, 0.5) is 0 Å². The van der Waals surface area contributed by atoms with Crippen molar-refractivity contribution in [3.05, 3.63) is 24.2 Å². The smallest absolute Gasteiger partial charge is 0.0935 e. The van der Waals surface area contributed by atoms with E-state index in [1.165, 1.54) is 5.56 Å². The summed E-state index contributed by atoms with van der Waals surface area (Å²) in [5.41, 5.74) is 6.78. The number of nitrogens with two attached hydrogens (primary N) is 1. The Hall–Kier alpha value is -0.800. The Morgan fingerprint density at radius 1 is 1.54 bits per heavy atom. The highest BCUT2D eigenvalue weighted by molar-refractivity contribution is 5.10. The van der Waals surface area contributed by atoms with Crippen LogP contribution in [-0.2, 0) is 11.2 Å². The normalized spacial score (nSPS) is 28.1. The zero-order chi connectivity index (χ0) is 9.15. The van der Waals surface area contributed by atoms with Gasteiger partial charge in [0.2, 0.25) is 0 Å². The van der Waals surface area contributed by atoms with E-state index in [1.807, 2.05) is 6.07 Å². The third-order valence-electron chi connectivity index (χ3n) is 2.66. The Morgan fingerprint density at radius 2 is 2.46 bits per heavy atom. The maximum absolute atomic E-state index is 5.73. The maximum Gasteiger partial charge on any atom is 0.0935 e. The molecule has 1 aromatic rings. The molecule has 0 radical (unpaired) electrons. The number of hydrogen-bond acceptors (Lipinski definition) is 3. The van der Waals surface area contributed by atoms with Crippen LogP contribution in [0.15, 0.2) is 23.0 Å². The number of rotatable bonds is 3. The Kier molecular flexibility index (Phi) is 2.38. The SMILES string of the molecule is NCC1(Cc2ccoc2)CCCO1. The third-order valence-corrected chi connectivity index (χ3v) is 2.66. The molecular weight excluding hydrogens is 166 g/mol. The molecule has 1 fully saturated rings. The Balaban J connectivity index is 2.06. The van der Waals surface area contributed by atoms with Crippen molar-refractivity contribution in [3.63, 3.8) is 0 Å². The largest absolute Gasteiger partial charge is 0.472 e. The lowest BCUT2D eigenvalue weighted by atomic mass is 9.93. The van der Waals surface area contributed by atoms with E-state index in [0.717, 1.165) is 25.9 Å². The summed E-state index contributed by atoms with van der Waals surface area (Å²) in [6, 6.07) is 1.97. The lowest BCUT2D eigenvalue weighted by Gasteiger charge is -2.25. The van der Waals surface area contributed by atoms with Crippen LogP contribution < -0.4 is 5.73 Å². The first-order valence-corrected chi connectivity index (χ1v) is 4.70. The van der Waals surface area contributed by atoms with Crippen molar-refractivity contribution >= 4 is 0 Å². The summed E-state index contributed by atoms with van der Waals surface area (Å²) >= 11 is 0. The van der Waals surface area contributed by atoms with Crippen LogP contribution in [0.3, 0.4) is 0 Å². The first-order chi connectivity index (χ1) is 6.35. The second kappa shape index (κ2) is 3.52. The maximum atomic E-state index is 5.73. The van der Waals surface area contributed by atoms with Crippen molar-refractivity contribution in [1.29, 1.82) is 0 Å². The van der Waals surface area contributed by atoms with Crippen LogP contribution in [0.1, 0.15) is 18.4 Å². The molecular formula is C10H15NO2. The van der Waals surface area contributed by atoms with E-state index >= 15 is 0 Å². The van der Waals surface area contributed by atoms with Gasteiger partial charge in [0.15, 0.2) is 0 Å². The molecule has 0 saturated carbocycles. The van der Waals surface area contributed by atoms with Crippen LogP contribution in [0.5, 0.6) is 0 Å². The molecule has 2 rings (SSSR count). The highest BCUT2D eigenvalue weighted by Gasteiger charge is 2.33. The first-order valence-electron chi connectivity index (χ1n) is 4.70. The van der Waals surface area contributed by atoms with E-state index in [2.05, 4.69) is 0 Å². The molecule has 1 unspecified atom stereocenters. The molecule has 0 bridgehead atoms. The van der Waals surface area contributed by atoms with Crippen molar-refractivity contribution in [2.45, 2.75) is 24.9 Å². The average Bonchev–Trinajstić information content (AvgIpc) is 2.77. The van der Waals surface area contributed by atoms with Crippen LogP contribution >= 0.6 is 0 Å². The molecule has 72 valence electrons. The lowest BCUT2D eigenvalue weighted by molar-refractivity contribution is 0.0121. The minimum atomic E-state index is -0.121. The Bertz CT molecular complexity index is 250. The van der Waals surface area contributed by atoms with E-state index in [-0.39, 0.29) is 5.60 Å². The topological polar surface area (TPSA) is 48.4 Å². The van der Waals surface area contributed by atoms with Gasteiger partial charge in [0.1, 0.15) is 0 Å². The summed E-state index contributed by atoms with van der Waals surface area (Å²) in [7, 11) is 0. The molecule has 0 aromatic carbocycles. The minimum absolute atomic E-state index is 0.121. The van der Waals surface area contributed by atoms with Gasteiger partial charge in [0.25, 0.3) is 0 Å². The summed E-state index contributed by atoms with van der Waals surface area (Å²) in [6.45, 7) is 1.44. The number of furan rings is 1. The Morgan fingerprint density at radius 3 is 3.00 bits per heavy atom. The first kappa shape index (κ1) is 8.78. The van der Waals surface area contributed by atoms with Crippen LogP contribution in [-0.4, -0.2) is 18.8 Å². The summed E-state index contributed by atoms with van der Waals surface area (Å²) in [4.78, 5) is 0. The summed E-state index contributed by atoms with van der Waals surface area (Å²) < 4.78 is 10.7. The molecule has 0 amide bonds. The van der Waals surface area contributed by atoms with Crippen LogP contribution in [0.2, 0.25) is 0 Å². The van der Waals surface area contributed by atoms with Crippen LogP contribution in [0.25, 0.3) is 0 Å². The quantitative estimate of drug-likeness (QED) is 0.765. The molecule has 2 N–H and O–H groups in total. The lowest BCUT2D eigenvalue weighted by Crippen LogP contribution is -2.39. The molecule has 0 spiro atoms. The second-order valence-electron chi connectivity index (χ2n) is 3.65. The van der Waals surface area contributed by atoms with Gasteiger partial charge in [-0.15, -0.1) is 0 Å². The zero-order valence-corrected chi connectivity index (χ0v) is 7.66. The molecule has 3 nitrogen and oxygen atoms in total. The highest BCUT2D eigenvalue weighted by atomic mass is 16.5. The van der Waals surface area contributed by atoms with Crippen LogP contribution in [0, 0.1) is 0 Å². The highest BCUT2D eigenvalue weighted by Crippen LogP contribution is 2.28. The fourth-order valence-electron chi connectivity index (χ4n) is 1.89. The van der Waals surface area contributed by atoms with Gasteiger partial charge in [-0.25, -0.2) is 0 Å². The van der Waals surface area contributed by atoms with E-state index < -0.39 is 0 Å². The standard InChI is InChI=1S/C10H15NO2/c11-8-10(3-1-4-13-10)6-9-2-5-12-7-9/h2,5,7H,1,3-4,6,8,11H2. The average molecular weight is 181 g/mol.